The van der Waals surface area contributed by atoms with Crippen molar-refractivity contribution in [1.82, 2.24) is 9.80 Å². The van der Waals surface area contributed by atoms with Crippen molar-refractivity contribution < 1.29 is 19.1 Å². The van der Waals surface area contributed by atoms with E-state index in [4.69, 9.17) is 4.74 Å². The number of rotatable bonds is 3. The van der Waals surface area contributed by atoms with Crippen molar-refractivity contribution in [3.8, 4) is 0 Å². The van der Waals surface area contributed by atoms with Crippen molar-refractivity contribution in [2.24, 2.45) is 0 Å². The van der Waals surface area contributed by atoms with Gasteiger partial charge in [-0.2, -0.15) is 0 Å². The smallest absolute Gasteiger partial charge is 0.410 e. The highest BCUT2D eigenvalue weighted by molar-refractivity contribution is 5.68. The summed E-state index contributed by atoms with van der Waals surface area (Å²) in [7, 11) is 4.55. The predicted molar refractivity (Wildman–Crippen MR) is 63.9 cm³/mol. The third kappa shape index (κ3) is 6.65. The zero-order chi connectivity index (χ0) is 13.6. The lowest BCUT2D eigenvalue weighted by Gasteiger charge is -2.25. The largest absolute Gasteiger partial charge is 0.453 e. The highest BCUT2D eigenvalue weighted by atomic mass is 16.6. The number of ether oxygens (including phenoxy) is 2. The summed E-state index contributed by atoms with van der Waals surface area (Å²) in [6, 6.07) is 0. The second-order valence-electron chi connectivity index (χ2n) is 4.79. The summed E-state index contributed by atoms with van der Waals surface area (Å²) < 4.78 is 9.71. The maximum atomic E-state index is 11.6. The molecule has 0 fully saturated rings. The second-order valence-corrected chi connectivity index (χ2v) is 4.79. The first kappa shape index (κ1) is 15.5. The monoisotopic (exact) mass is 246 g/mol. The summed E-state index contributed by atoms with van der Waals surface area (Å²) in [5, 5.41) is 0. The predicted octanol–water partition coefficient (Wildman–Crippen LogP) is 1.55. The molecule has 2 amide bonds. The van der Waals surface area contributed by atoms with Gasteiger partial charge in [-0.15, -0.1) is 0 Å². The van der Waals surface area contributed by atoms with E-state index in [2.05, 4.69) is 4.74 Å². The Morgan fingerprint density at radius 1 is 1.00 bits per heavy atom. The summed E-state index contributed by atoms with van der Waals surface area (Å²) in [4.78, 5) is 25.5. The van der Waals surface area contributed by atoms with Gasteiger partial charge in [-0.3, -0.25) is 0 Å². The summed E-state index contributed by atoms with van der Waals surface area (Å²) >= 11 is 0. The van der Waals surface area contributed by atoms with Crippen molar-refractivity contribution in [2.75, 3.05) is 34.3 Å². The molecule has 0 saturated heterocycles. The van der Waals surface area contributed by atoms with Crippen LogP contribution in [0.15, 0.2) is 0 Å². The fourth-order valence-electron chi connectivity index (χ4n) is 0.978. The zero-order valence-electron chi connectivity index (χ0n) is 11.4. The number of amides is 2. The topological polar surface area (TPSA) is 59.1 Å². The molecule has 0 aliphatic heterocycles. The van der Waals surface area contributed by atoms with Crippen molar-refractivity contribution in [3.05, 3.63) is 0 Å². The van der Waals surface area contributed by atoms with Crippen molar-refractivity contribution in [3.63, 3.8) is 0 Å². The van der Waals surface area contributed by atoms with Gasteiger partial charge >= 0.3 is 12.2 Å². The molecule has 6 nitrogen and oxygen atoms in total. The van der Waals surface area contributed by atoms with Gasteiger partial charge < -0.3 is 19.3 Å². The molecule has 0 atom stereocenters. The molecule has 0 aromatic rings. The highest BCUT2D eigenvalue weighted by Crippen LogP contribution is 2.08. The minimum absolute atomic E-state index is 0.389. The molecule has 0 aliphatic carbocycles. The van der Waals surface area contributed by atoms with Crippen LogP contribution in [0, 0.1) is 0 Å². The number of nitrogens with zero attached hydrogens (tertiary/aromatic N) is 2. The van der Waals surface area contributed by atoms with E-state index < -0.39 is 17.8 Å². The first-order valence-corrected chi connectivity index (χ1v) is 5.40. The molecule has 0 unspecified atom stereocenters. The number of carbonyl (C=O) groups is 2. The highest BCUT2D eigenvalue weighted by Gasteiger charge is 2.20. The van der Waals surface area contributed by atoms with Crippen molar-refractivity contribution >= 4 is 12.2 Å². The van der Waals surface area contributed by atoms with Crippen molar-refractivity contribution in [1.29, 1.82) is 0 Å². The molecule has 0 aliphatic rings. The molecule has 6 heteroatoms. The first-order valence-electron chi connectivity index (χ1n) is 5.40. The van der Waals surface area contributed by atoms with Gasteiger partial charge in [0.2, 0.25) is 0 Å². The fourth-order valence-corrected chi connectivity index (χ4v) is 0.978. The van der Waals surface area contributed by atoms with Gasteiger partial charge in [0.05, 0.1) is 7.11 Å². The lowest BCUT2D eigenvalue weighted by molar-refractivity contribution is 0.0284. The average Bonchev–Trinajstić information content (AvgIpc) is 2.21. The molecule has 17 heavy (non-hydrogen) atoms. The van der Waals surface area contributed by atoms with E-state index in [1.807, 2.05) is 0 Å². The lowest BCUT2D eigenvalue weighted by atomic mass is 10.2. The van der Waals surface area contributed by atoms with E-state index >= 15 is 0 Å². The van der Waals surface area contributed by atoms with E-state index in [9.17, 15) is 9.59 Å². The Balaban J connectivity index is 4.06. The van der Waals surface area contributed by atoms with Gasteiger partial charge in [-0.25, -0.2) is 9.59 Å². The van der Waals surface area contributed by atoms with Crippen molar-refractivity contribution in [2.45, 2.75) is 26.4 Å². The second kappa shape index (κ2) is 6.32. The molecule has 0 aromatic carbocycles. The Bertz CT molecular complexity index is 273. The molecule has 0 bridgehead atoms. The molecule has 0 aromatic heterocycles. The molecule has 0 saturated carbocycles. The minimum Gasteiger partial charge on any atom is -0.453 e. The number of hydrogen-bond donors (Lipinski definition) is 0. The van der Waals surface area contributed by atoms with Crippen LogP contribution in [-0.4, -0.2) is 61.9 Å². The SMILES string of the molecule is COC(=O)N(C)CCN(C)C(=O)OC(C)(C)C. The van der Waals surface area contributed by atoms with Gasteiger partial charge in [-0.05, 0) is 20.8 Å². The third-order valence-electron chi connectivity index (χ3n) is 1.96. The standard InChI is InChI=1S/C11H22N2O4/c1-11(2,3)17-10(15)13(5)8-7-12(4)9(14)16-6/h7-8H2,1-6H3. The quantitative estimate of drug-likeness (QED) is 0.758. The van der Waals surface area contributed by atoms with Gasteiger partial charge in [0, 0.05) is 27.2 Å². The van der Waals surface area contributed by atoms with E-state index in [-0.39, 0.29) is 0 Å². The van der Waals surface area contributed by atoms with Gasteiger partial charge in [0.15, 0.2) is 0 Å². The van der Waals surface area contributed by atoms with E-state index in [1.165, 1.54) is 16.9 Å². The van der Waals surface area contributed by atoms with Gasteiger partial charge in [0.25, 0.3) is 0 Å². The molecule has 0 N–H and O–H groups in total. The van der Waals surface area contributed by atoms with Crippen LogP contribution in [0.3, 0.4) is 0 Å². The Hall–Kier alpha value is -1.46. The number of likely N-dealkylation sites (N-methyl/N-ethyl adjacent to an activating group) is 2. The molecule has 0 spiro atoms. The normalized spacial score (nSPS) is 10.7. The maximum absolute atomic E-state index is 11.6. The number of carbonyl (C=O) groups excluding carboxylic acids is 2. The van der Waals surface area contributed by atoms with Crippen LogP contribution in [0.2, 0.25) is 0 Å². The van der Waals surface area contributed by atoms with Crippen LogP contribution in [-0.2, 0) is 9.47 Å². The number of methoxy groups -OCH3 is 1. The van der Waals surface area contributed by atoms with E-state index in [0.717, 1.165) is 0 Å². The average molecular weight is 246 g/mol. The Kier molecular flexibility index (Phi) is 5.78. The molecule has 0 heterocycles. The van der Waals surface area contributed by atoms with Crippen LogP contribution in [0.5, 0.6) is 0 Å². The first-order chi connectivity index (χ1) is 7.67. The summed E-state index contributed by atoms with van der Waals surface area (Å²) in [5.41, 5.74) is -0.514. The van der Waals surface area contributed by atoms with Crippen LogP contribution in [0.25, 0.3) is 0 Å². The van der Waals surface area contributed by atoms with Crippen LogP contribution in [0.4, 0.5) is 9.59 Å². The third-order valence-corrected chi connectivity index (χ3v) is 1.96. The van der Waals surface area contributed by atoms with Gasteiger partial charge in [-0.1, -0.05) is 0 Å². The zero-order valence-corrected chi connectivity index (χ0v) is 11.4. The summed E-state index contributed by atoms with van der Waals surface area (Å²) in [5.74, 6) is 0. The maximum Gasteiger partial charge on any atom is 0.410 e. The summed E-state index contributed by atoms with van der Waals surface area (Å²) in [6.45, 7) is 6.20. The van der Waals surface area contributed by atoms with E-state index in [1.54, 1.807) is 34.9 Å². The Morgan fingerprint density at radius 3 is 1.76 bits per heavy atom. The Morgan fingerprint density at radius 2 is 1.41 bits per heavy atom. The summed E-state index contributed by atoms with van der Waals surface area (Å²) in [6.07, 6.45) is -0.835. The molecule has 100 valence electrons. The molecular formula is C11H22N2O4. The van der Waals surface area contributed by atoms with Crippen LogP contribution >= 0.6 is 0 Å². The van der Waals surface area contributed by atoms with Crippen LogP contribution in [0.1, 0.15) is 20.8 Å². The van der Waals surface area contributed by atoms with Crippen LogP contribution < -0.4 is 0 Å². The lowest BCUT2D eigenvalue weighted by Crippen LogP contribution is -2.39. The molecule has 0 radical (unpaired) electrons. The molecule has 0 rings (SSSR count). The fraction of sp³-hybridized carbons (Fsp3) is 0.818. The minimum atomic E-state index is -0.514. The van der Waals surface area contributed by atoms with E-state index in [0.29, 0.717) is 13.1 Å². The van der Waals surface area contributed by atoms with Gasteiger partial charge in [0.1, 0.15) is 5.60 Å². The Labute approximate surface area is 102 Å². The number of hydrogen-bond acceptors (Lipinski definition) is 4. The molecular weight excluding hydrogens is 224 g/mol.